The molecule has 0 radical (unpaired) electrons. The molecule has 3 heterocycles. The maximum atomic E-state index is 13.3. The van der Waals surface area contributed by atoms with Gasteiger partial charge in [0.05, 0.1) is 11.6 Å². The van der Waals surface area contributed by atoms with E-state index in [1.54, 1.807) is 11.0 Å². The summed E-state index contributed by atoms with van der Waals surface area (Å²) in [4.78, 5) is 30.1. The van der Waals surface area contributed by atoms with Gasteiger partial charge >= 0.3 is 0 Å². The van der Waals surface area contributed by atoms with Crippen molar-refractivity contribution in [2.24, 2.45) is 7.05 Å². The molecule has 2 unspecified atom stereocenters. The first-order chi connectivity index (χ1) is 16.3. The molecule has 0 bridgehead atoms. The predicted molar refractivity (Wildman–Crippen MR) is 131 cm³/mol. The molecular weight excluding hydrogens is 430 g/mol. The third-order valence-corrected chi connectivity index (χ3v) is 6.72. The molecule has 2 aromatic carbocycles. The number of para-hydroxylation sites is 1. The third-order valence-electron chi connectivity index (χ3n) is 6.72. The lowest BCUT2D eigenvalue weighted by molar-refractivity contribution is -0.140. The highest BCUT2D eigenvalue weighted by atomic mass is 16.5. The van der Waals surface area contributed by atoms with Crippen LogP contribution in [0.1, 0.15) is 29.7 Å². The van der Waals surface area contributed by atoms with E-state index < -0.39 is 17.7 Å². The number of ether oxygens (including phenoxy) is 1. The van der Waals surface area contributed by atoms with Crippen LogP contribution in [-0.2, 0) is 23.1 Å². The van der Waals surface area contributed by atoms with Crippen LogP contribution >= 0.6 is 0 Å². The van der Waals surface area contributed by atoms with Crippen molar-refractivity contribution >= 4 is 28.4 Å². The molecule has 34 heavy (non-hydrogen) atoms. The van der Waals surface area contributed by atoms with Crippen LogP contribution in [0.5, 0.6) is 5.75 Å². The fourth-order valence-electron chi connectivity index (χ4n) is 5.06. The van der Waals surface area contributed by atoms with Gasteiger partial charge in [-0.3, -0.25) is 9.59 Å². The van der Waals surface area contributed by atoms with Crippen molar-refractivity contribution in [1.82, 2.24) is 14.4 Å². The van der Waals surface area contributed by atoms with E-state index in [0.29, 0.717) is 18.7 Å². The molecule has 0 saturated carbocycles. The van der Waals surface area contributed by atoms with Gasteiger partial charge in [0.2, 0.25) is 0 Å². The van der Waals surface area contributed by atoms with Crippen LogP contribution in [0.2, 0.25) is 0 Å². The molecule has 2 aliphatic heterocycles. The molecule has 1 amide bonds. The number of hydrogen-bond donors (Lipinski definition) is 1. The molecule has 3 aromatic rings. The fourth-order valence-corrected chi connectivity index (χ4v) is 5.06. The van der Waals surface area contributed by atoms with Crippen molar-refractivity contribution in [2.75, 3.05) is 27.2 Å². The van der Waals surface area contributed by atoms with Gasteiger partial charge in [-0.15, -0.1) is 0 Å². The summed E-state index contributed by atoms with van der Waals surface area (Å²) in [7, 11) is 5.80. The first-order valence-corrected chi connectivity index (χ1v) is 11.5. The first-order valence-electron chi connectivity index (χ1n) is 11.5. The monoisotopic (exact) mass is 459 g/mol. The minimum atomic E-state index is -0.672. The highest BCUT2D eigenvalue weighted by Gasteiger charge is 2.47. The second-order valence-corrected chi connectivity index (χ2v) is 9.46. The number of aryl methyl sites for hydroxylation is 1. The normalized spacial score (nSPS) is 21.5. The summed E-state index contributed by atoms with van der Waals surface area (Å²) in [6.07, 6.45) is 2.76. The Morgan fingerprint density at radius 1 is 1.18 bits per heavy atom. The number of nitrogens with zero attached hydrogens (tertiary/aromatic N) is 3. The molecule has 2 aliphatic rings. The number of carbonyl (C=O) groups is 2. The van der Waals surface area contributed by atoms with Crippen LogP contribution < -0.4 is 4.74 Å². The summed E-state index contributed by atoms with van der Waals surface area (Å²) in [6, 6.07) is 12.7. The maximum absolute atomic E-state index is 13.3. The minimum absolute atomic E-state index is 0.0692. The Bertz CT molecular complexity index is 1340. The summed E-state index contributed by atoms with van der Waals surface area (Å²) in [5, 5.41) is 12.4. The SMILES string of the molecule is CC1Cc2cc(/C(O)=C3\C(=O)C(=O)N(CCN(C)C)C3c3cn(C)c4ccccc34)ccc2O1. The number of hydrogen-bond acceptors (Lipinski definition) is 5. The lowest BCUT2D eigenvalue weighted by Crippen LogP contribution is -2.35. The Morgan fingerprint density at radius 3 is 2.71 bits per heavy atom. The highest BCUT2D eigenvalue weighted by molar-refractivity contribution is 6.46. The van der Waals surface area contributed by atoms with Gasteiger partial charge in [-0.1, -0.05) is 18.2 Å². The topological polar surface area (TPSA) is 75.0 Å². The predicted octanol–water partition coefficient (Wildman–Crippen LogP) is 3.49. The van der Waals surface area contributed by atoms with Crippen molar-refractivity contribution in [3.63, 3.8) is 0 Å². The molecule has 1 saturated heterocycles. The summed E-state index contributed by atoms with van der Waals surface area (Å²) in [5.41, 5.74) is 3.47. The van der Waals surface area contributed by atoms with E-state index in [-0.39, 0.29) is 17.4 Å². The van der Waals surface area contributed by atoms with E-state index in [9.17, 15) is 14.7 Å². The molecular formula is C27H29N3O4. The maximum Gasteiger partial charge on any atom is 0.295 e. The molecule has 1 aromatic heterocycles. The van der Waals surface area contributed by atoms with Crippen molar-refractivity contribution < 1.29 is 19.4 Å². The number of ketones is 1. The van der Waals surface area contributed by atoms with E-state index in [0.717, 1.165) is 34.2 Å². The van der Waals surface area contributed by atoms with Gasteiger partial charge < -0.3 is 24.2 Å². The van der Waals surface area contributed by atoms with Gasteiger partial charge in [0.25, 0.3) is 11.7 Å². The molecule has 5 rings (SSSR count). The number of aliphatic hydroxyl groups is 1. The number of benzene rings is 2. The molecule has 7 heteroatoms. The Hall–Kier alpha value is -3.58. The number of likely N-dealkylation sites (tertiary alicyclic amines) is 1. The number of amides is 1. The smallest absolute Gasteiger partial charge is 0.295 e. The standard InChI is InChI=1S/C27H29N3O4/c1-16-13-18-14-17(9-10-22(18)34-16)25(31)23-24(30(12-11-28(2)3)27(33)26(23)32)20-15-29(4)21-8-6-5-7-19(20)21/h5-10,14-16,24,31H,11-13H2,1-4H3/b25-23+. The molecule has 0 aliphatic carbocycles. The molecule has 176 valence electrons. The zero-order chi connectivity index (χ0) is 24.1. The second kappa shape index (κ2) is 8.33. The number of aromatic nitrogens is 1. The van der Waals surface area contributed by atoms with E-state index in [4.69, 9.17) is 4.74 Å². The van der Waals surface area contributed by atoms with Crippen LogP contribution in [0.3, 0.4) is 0 Å². The molecule has 1 fully saturated rings. The zero-order valence-electron chi connectivity index (χ0n) is 19.9. The summed E-state index contributed by atoms with van der Waals surface area (Å²) >= 11 is 0. The minimum Gasteiger partial charge on any atom is -0.507 e. The van der Waals surface area contributed by atoms with Gasteiger partial charge in [0.1, 0.15) is 17.6 Å². The van der Waals surface area contributed by atoms with Crippen LogP contribution in [0, 0.1) is 0 Å². The molecule has 1 N–H and O–H groups in total. The number of carbonyl (C=O) groups excluding carboxylic acids is 2. The summed E-state index contributed by atoms with van der Waals surface area (Å²) in [6.45, 7) is 2.97. The highest BCUT2D eigenvalue weighted by Crippen LogP contribution is 2.43. The number of fused-ring (bicyclic) bond motifs is 2. The number of aliphatic hydroxyl groups excluding tert-OH is 1. The Labute approximate surface area is 198 Å². The number of Topliss-reactive ketones (excluding diaryl/α,β-unsaturated/α-hetero) is 1. The average molecular weight is 460 g/mol. The van der Waals surface area contributed by atoms with Crippen molar-refractivity contribution in [1.29, 1.82) is 0 Å². The largest absolute Gasteiger partial charge is 0.507 e. The Kier molecular flexibility index (Phi) is 5.44. The lowest BCUT2D eigenvalue weighted by Gasteiger charge is -2.26. The summed E-state index contributed by atoms with van der Waals surface area (Å²) in [5.74, 6) is -0.592. The van der Waals surface area contributed by atoms with E-state index in [1.807, 2.05) is 80.1 Å². The van der Waals surface area contributed by atoms with Gasteiger partial charge in [-0.05, 0) is 50.8 Å². The van der Waals surface area contributed by atoms with Crippen LogP contribution in [0.4, 0.5) is 0 Å². The van der Waals surface area contributed by atoms with Crippen molar-refractivity contribution in [3.8, 4) is 5.75 Å². The van der Waals surface area contributed by atoms with Gasteiger partial charge in [0.15, 0.2) is 0 Å². The zero-order valence-corrected chi connectivity index (χ0v) is 19.9. The average Bonchev–Trinajstić information content (AvgIpc) is 3.42. The first kappa shape index (κ1) is 22.2. The van der Waals surface area contributed by atoms with E-state index in [1.165, 1.54) is 0 Å². The van der Waals surface area contributed by atoms with Crippen LogP contribution in [0.15, 0.2) is 54.2 Å². The van der Waals surface area contributed by atoms with Gasteiger partial charge in [0, 0.05) is 54.8 Å². The van der Waals surface area contributed by atoms with Crippen molar-refractivity contribution in [3.05, 3.63) is 70.9 Å². The second-order valence-electron chi connectivity index (χ2n) is 9.46. The molecule has 2 atom stereocenters. The van der Waals surface area contributed by atoms with E-state index in [2.05, 4.69) is 0 Å². The quantitative estimate of drug-likeness (QED) is 0.359. The number of rotatable bonds is 5. The van der Waals surface area contributed by atoms with Gasteiger partial charge in [-0.25, -0.2) is 0 Å². The number of likely N-dealkylation sites (N-methyl/N-ethyl adjacent to an activating group) is 1. The fraction of sp³-hybridized carbons (Fsp3) is 0.333. The van der Waals surface area contributed by atoms with Gasteiger partial charge in [-0.2, -0.15) is 0 Å². The molecule has 0 spiro atoms. The Balaban J connectivity index is 1.68. The third kappa shape index (κ3) is 3.56. The summed E-state index contributed by atoms with van der Waals surface area (Å²) < 4.78 is 7.77. The Morgan fingerprint density at radius 2 is 1.94 bits per heavy atom. The van der Waals surface area contributed by atoms with Crippen molar-refractivity contribution in [2.45, 2.75) is 25.5 Å². The van der Waals surface area contributed by atoms with E-state index >= 15 is 0 Å². The van der Waals surface area contributed by atoms with Crippen LogP contribution in [-0.4, -0.2) is 64.5 Å². The van der Waals surface area contributed by atoms with Crippen LogP contribution in [0.25, 0.3) is 16.7 Å². The molecule has 7 nitrogen and oxygen atoms in total. The lowest BCUT2D eigenvalue weighted by atomic mass is 9.94.